The van der Waals surface area contributed by atoms with Crippen LogP contribution in [-0.2, 0) is 11.3 Å². The summed E-state index contributed by atoms with van der Waals surface area (Å²) in [6.45, 7) is 12.3. The van der Waals surface area contributed by atoms with Gasteiger partial charge < -0.3 is 14.4 Å². The highest BCUT2D eigenvalue weighted by Gasteiger charge is 2.55. The normalized spacial score (nSPS) is 27.7. The molecule has 4 heteroatoms. The molecule has 0 radical (unpaired) electrons. The minimum absolute atomic E-state index is 0.802. The number of likely N-dealkylation sites (tertiary alicyclic amines) is 2. The van der Waals surface area contributed by atoms with Crippen molar-refractivity contribution in [1.82, 2.24) is 9.80 Å². The largest absolute Gasteiger partial charge is 0.494 e. The second kappa shape index (κ2) is 10.1. The molecule has 28 heavy (non-hydrogen) atoms. The Morgan fingerprint density at radius 3 is 2.39 bits per heavy atom. The van der Waals surface area contributed by atoms with Crippen LogP contribution >= 0.6 is 0 Å². The van der Waals surface area contributed by atoms with Gasteiger partial charge >= 0.3 is 0 Å². The minimum Gasteiger partial charge on any atom is -0.494 e. The number of ether oxygens (including phenoxy) is 2. The van der Waals surface area contributed by atoms with E-state index < -0.39 is 0 Å². The molecule has 3 aliphatic rings. The summed E-state index contributed by atoms with van der Waals surface area (Å²) >= 11 is 0. The first kappa shape index (κ1) is 20.2. The molecule has 1 aromatic carbocycles. The first-order valence-corrected chi connectivity index (χ1v) is 11.6. The SMILES string of the molecule is CCCOc1ccc(CN2C[C@@H]3C(COCCCN4CCCCC4)[C@@H]3C2)cc1. The van der Waals surface area contributed by atoms with Gasteiger partial charge in [0.2, 0.25) is 0 Å². The van der Waals surface area contributed by atoms with Crippen molar-refractivity contribution in [3.05, 3.63) is 29.8 Å². The Hall–Kier alpha value is -1.10. The van der Waals surface area contributed by atoms with Crippen molar-refractivity contribution in [2.24, 2.45) is 17.8 Å². The van der Waals surface area contributed by atoms with E-state index in [9.17, 15) is 0 Å². The molecule has 0 amide bonds. The Bertz CT molecular complexity index is 573. The smallest absolute Gasteiger partial charge is 0.119 e. The summed E-state index contributed by atoms with van der Waals surface area (Å²) in [5.41, 5.74) is 1.40. The molecule has 2 heterocycles. The summed E-state index contributed by atoms with van der Waals surface area (Å²) in [7, 11) is 0. The summed E-state index contributed by atoms with van der Waals surface area (Å²) < 4.78 is 11.7. The predicted octanol–water partition coefficient (Wildman–Crippen LogP) is 4.05. The maximum Gasteiger partial charge on any atom is 0.119 e. The summed E-state index contributed by atoms with van der Waals surface area (Å²) in [6.07, 6.45) is 6.46. The van der Waals surface area contributed by atoms with Gasteiger partial charge in [-0.15, -0.1) is 0 Å². The van der Waals surface area contributed by atoms with Crippen LogP contribution in [-0.4, -0.2) is 62.3 Å². The van der Waals surface area contributed by atoms with E-state index in [1.807, 2.05) is 0 Å². The van der Waals surface area contributed by atoms with Crippen LogP contribution in [0.15, 0.2) is 24.3 Å². The van der Waals surface area contributed by atoms with Gasteiger partial charge in [0.15, 0.2) is 0 Å². The van der Waals surface area contributed by atoms with Crippen molar-refractivity contribution in [3.8, 4) is 5.75 Å². The van der Waals surface area contributed by atoms with Gasteiger partial charge in [0.1, 0.15) is 5.75 Å². The Morgan fingerprint density at radius 2 is 1.68 bits per heavy atom. The lowest BCUT2D eigenvalue weighted by Gasteiger charge is -2.26. The van der Waals surface area contributed by atoms with E-state index in [-0.39, 0.29) is 0 Å². The van der Waals surface area contributed by atoms with Gasteiger partial charge in [-0.1, -0.05) is 25.5 Å². The Kier molecular flexibility index (Phi) is 7.27. The van der Waals surface area contributed by atoms with Crippen molar-refractivity contribution in [2.45, 2.75) is 45.6 Å². The maximum absolute atomic E-state index is 6.02. The Labute approximate surface area is 171 Å². The highest BCUT2D eigenvalue weighted by molar-refractivity contribution is 5.27. The average molecular weight is 387 g/mol. The van der Waals surface area contributed by atoms with Crippen molar-refractivity contribution in [3.63, 3.8) is 0 Å². The first-order valence-electron chi connectivity index (χ1n) is 11.6. The summed E-state index contributed by atoms with van der Waals surface area (Å²) in [5, 5.41) is 0. The molecule has 1 unspecified atom stereocenters. The van der Waals surface area contributed by atoms with Crippen LogP contribution in [0.3, 0.4) is 0 Å². The molecule has 1 saturated carbocycles. The third-order valence-electron chi connectivity index (χ3n) is 6.77. The fraction of sp³-hybridized carbons (Fsp3) is 0.750. The molecular formula is C24H38N2O2. The van der Waals surface area contributed by atoms with Gasteiger partial charge in [-0.25, -0.2) is 0 Å². The number of piperidine rings is 2. The van der Waals surface area contributed by atoms with Gasteiger partial charge in [0.05, 0.1) is 13.2 Å². The predicted molar refractivity (Wildman–Crippen MR) is 114 cm³/mol. The molecule has 3 atom stereocenters. The molecule has 4 nitrogen and oxygen atoms in total. The zero-order valence-electron chi connectivity index (χ0n) is 17.7. The standard InChI is InChI=1S/C24H38N2O2/c1-2-14-28-21-9-7-20(8-10-21)16-26-17-22-23(18-26)24(22)19-27-15-6-13-25-11-4-3-5-12-25/h7-10,22-24H,2-6,11-19H2,1H3/t22-,23+,24?. The molecule has 4 rings (SSSR count). The van der Waals surface area contributed by atoms with Crippen LogP contribution in [0.4, 0.5) is 0 Å². The molecule has 3 fully saturated rings. The van der Waals surface area contributed by atoms with Crippen LogP contribution < -0.4 is 4.74 Å². The maximum atomic E-state index is 6.02. The number of hydrogen-bond acceptors (Lipinski definition) is 4. The average Bonchev–Trinajstić information content (AvgIpc) is 3.18. The molecule has 0 spiro atoms. The fourth-order valence-electron chi connectivity index (χ4n) is 5.07. The Balaban J connectivity index is 1.07. The van der Waals surface area contributed by atoms with Gasteiger partial charge in [-0.05, 0) is 74.2 Å². The zero-order chi connectivity index (χ0) is 19.2. The molecule has 1 aromatic rings. The van der Waals surface area contributed by atoms with Gasteiger partial charge in [-0.3, -0.25) is 4.90 Å². The molecule has 0 aromatic heterocycles. The highest BCUT2D eigenvalue weighted by Crippen LogP contribution is 2.52. The van der Waals surface area contributed by atoms with Crippen LogP contribution in [0.2, 0.25) is 0 Å². The monoisotopic (exact) mass is 386 g/mol. The number of rotatable bonds is 11. The summed E-state index contributed by atoms with van der Waals surface area (Å²) in [4.78, 5) is 5.23. The van der Waals surface area contributed by atoms with Crippen LogP contribution in [0.5, 0.6) is 5.75 Å². The molecule has 156 valence electrons. The number of benzene rings is 1. The van der Waals surface area contributed by atoms with Gasteiger partial charge in [0.25, 0.3) is 0 Å². The fourth-order valence-corrected chi connectivity index (χ4v) is 5.07. The van der Waals surface area contributed by atoms with Crippen molar-refractivity contribution in [1.29, 1.82) is 0 Å². The molecule has 0 N–H and O–H groups in total. The van der Waals surface area contributed by atoms with Crippen molar-refractivity contribution < 1.29 is 9.47 Å². The van der Waals surface area contributed by atoms with Crippen LogP contribution in [0.1, 0.15) is 44.6 Å². The zero-order valence-corrected chi connectivity index (χ0v) is 17.7. The number of hydrogen-bond donors (Lipinski definition) is 0. The lowest BCUT2D eigenvalue weighted by molar-refractivity contribution is 0.0967. The molecule has 1 aliphatic carbocycles. The lowest BCUT2D eigenvalue weighted by Crippen LogP contribution is -2.31. The molecule has 0 bridgehead atoms. The van der Waals surface area contributed by atoms with E-state index in [1.165, 1.54) is 64.0 Å². The van der Waals surface area contributed by atoms with E-state index in [4.69, 9.17) is 9.47 Å². The third-order valence-corrected chi connectivity index (χ3v) is 6.77. The minimum atomic E-state index is 0.802. The van der Waals surface area contributed by atoms with Gasteiger partial charge in [0, 0.05) is 32.8 Å². The summed E-state index contributed by atoms with van der Waals surface area (Å²) in [5.74, 6) is 3.59. The Morgan fingerprint density at radius 1 is 0.929 bits per heavy atom. The van der Waals surface area contributed by atoms with Crippen molar-refractivity contribution >= 4 is 0 Å². The van der Waals surface area contributed by atoms with E-state index in [0.29, 0.717) is 0 Å². The van der Waals surface area contributed by atoms with E-state index in [0.717, 1.165) is 56.3 Å². The molecule has 2 aliphatic heterocycles. The van der Waals surface area contributed by atoms with E-state index in [1.54, 1.807) is 0 Å². The summed E-state index contributed by atoms with van der Waals surface area (Å²) in [6, 6.07) is 8.67. The van der Waals surface area contributed by atoms with Crippen molar-refractivity contribution in [2.75, 3.05) is 52.5 Å². The topological polar surface area (TPSA) is 24.9 Å². The number of fused-ring (bicyclic) bond motifs is 1. The van der Waals surface area contributed by atoms with Gasteiger partial charge in [-0.2, -0.15) is 0 Å². The quantitative estimate of drug-likeness (QED) is 0.536. The second-order valence-corrected chi connectivity index (χ2v) is 9.01. The first-order chi connectivity index (χ1) is 13.8. The third kappa shape index (κ3) is 5.49. The van der Waals surface area contributed by atoms with Crippen LogP contribution in [0.25, 0.3) is 0 Å². The van der Waals surface area contributed by atoms with E-state index in [2.05, 4.69) is 41.0 Å². The highest BCUT2D eigenvalue weighted by atomic mass is 16.5. The van der Waals surface area contributed by atoms with E-state index >= 15 is 0 Å². The molecular weight excluding hydrogens is 348 g/mol. The lowest BCUT2D eigenvalue weighted by atomic mass is 10.1. The van der Waals surface area contributed by atoms with Crippen LogP contribution in [0, 0.1) is 17.8 Å². The number of nitrogens with zero attached hydrogens (tertiary/aromatic N) is 2. The second-order valence-electron chi connectivity index (χ2n) is 9.01. The molecule has 2 saturated heterocycles.